The fraction of sp³-hybridized carbons (Fsp3) is 0.700. The molecule has 6 heteroatoms. The molecule has 0 atom stereocenters. The Morgan fingerprint density at radius 3 is 2.88 bits per heavy atom. The molecule has 0 saturated carbocycles. The Hall–Kier alpha value is -1.04. The maximum atomic E-state index is 11.8. The van der Waals surface area contributed by atoms with Crippen LogP contribution in [0.25, 0.3) is 0 Å². The Morgan fingerprint density at radius 2 is 2.19 bits per heavy atom. The van der Waals surface area contributed by atoms with Crippen molar-refractivity contribution >= 4 is 23.6 Å². The maximum absolute atomic E-state index is 11.8. The van der Waals surface area contributed by atoms with Crippen LogP contribution in [0.4, 0.5) is 5.95 Å². The van der Waals surface area contributed by atoms with Crippen molar-refractivity contribution in [1.29, 1.82) is 0 Å². The molecule has 2 rings (SSSR count). The molecule has 5 nitrogen and oxygen atoms in total. The SMILES string of the molecule is CC(C)(C)C(=O)Nc1nnc2n1CCCS2. The van der Waals surface area contributed by atoms with E-state index in [0.717, 1.165) is 23.9 Å². The molecule has 16 heavy (non-hydrogen) atoms. The van der Waals surface area contributed by atoms with Crippen molar-refractivity contribution in [2.75, 3.05) is 11.1 Å². The van der Waals surface area contributed by atoms with Gasteiger partial charge in [0.15, 0.2) is 5.16 Å². The van der Waals surface area contributed by atoms with Crippen LogP contribution in [-0.4, -0.2) is 26.4 Å². The second-order valence-electron chi connectivity index (χ2n) is 4.86. The lowest BCUT2D eigenvalue weighted by Gasteiger charge is -2.19. The van der Waals surface area contributed by atoms with Gasteiger partial charge in [0.25, 0.3) is 0 Å². The zero-order valence-electron chi connectivity index (χ0n) is 9.78. The first-order chi connectivity index (χ1) is 7.48. The first-order valence-corrected chi connectivity index (χ1v) is 6.34. The molecule has 0 spiro atoms. The summed E-state index contributed by atoms with van der Waals surface area (Å²) in [4.78, 5) is 11.8. The van der Waals surface area contributed by atoms with E-state index in [2.05, 4.69) is 15.5 Å². The normalized spacial score (nSPS) is 15.7. The van der Waals surface area contributed by atoms with E-state index in [9.17, 15) is 4.79 Å². The number of thioether (sulfide) groups is 1. The van der Waals surface area contributed by atoms with Gasteiger partial charge in [-0.1, -0.05) is 32.5 Å². The molecule has 1 aromatic heterocycles. The number of rotatable bonds is 1. The highest BCUT2D eigenvalue weighted by atomic mass is 32.2. The smallest absolute Gasteiger partial charge is 0.232 e. The van der Waals surface area contributed by atoms with Gasteiger partial charge < -0.3 is 0 Å². The Labute approximate surface area is 99.0 Å². The fourth-order valence-corrected chi connectivity index (χ4v) is 2.25. The van der Waals surface area contributed by atoms with Crippen molar-refractivity contribution in [1.82, 2.24) is 14.8 Å². The van der Waals surface area contributed by atoms with E-state index in [0.29, 0.717) is 5.95 Å². The standard InChI is InChI=1S/C10H16N4OS/c1-10(2,3)7(15)11-8-12-13-9-14(8)5-4-6-16-9/h4-6H2,1-3H3,(H,11,12,15). The quantitative estimate of drug-likeness (QED) is 0.812. The topological polar surface area (TPSA) is 59.8 Å². The third-order valence-electron chi connectivity index (χ3n) is 2.38. The highest BCUT2D eigenvalue weighted by Crippen LogP contribution is 2.26. The summed E-state index contributed by atoms with van der Waals surface area (Å²) in [6.07, 6.45) is 1.09. The number of carbonyl (C=O) groups excluding carboxylic acids is 1. The van der Waals surface area contributed by atoms with Gasteiger partial charge in [-0.2, -0.15) is 0 Å². The predicted octanol–water partition coefficient (Wildman–Crippen LogP) is 1.76. The number of anilines is 1. The molecule has 2 heterocycles. The molecule has 88 valence electrons. The summed E-state index contributed by atoms with van der Waals surface area (Å²) >= 11 is 1.68. The maximum Gasteiger partial charge on any atom is 0.232 e. The summed E-state index contributed by atoms with van der Waals surface area (Å²) in [5.41, 5.74) is -0.409. The zero-order chi connectivity index (χ0) is 11.8. The summed E-state index contributed by atoms with van der Waals surface area (Å²) in [5.74, 6) is 1.62. The van der Waals surface area contributed by atoms with Crippen LogP contribution in [0.5, 0.6) is 0 Å². The van der Waals surface area contributed by atoms with Gasteiger partial charge in [0, 0.05) is 17.7 Å². The Kier molecular flexibility index (Phi) is 2.92. The number of carbonyl (C=O) groups is 1. The number of nitrogens with one attached hydrogen (secondary N) is 1. The Bertz CT molecular complexity index is 407. The summed E-state index contributed by atoms with van der Waals surface area (Å²) in [6.45, 7) is 6.52. The molecule has 1 aliphatic rings. The third-order valence-corrected chi connectivity index (χ3v) is 3.43. The number of amides is 1. The van der Waals surface area contributed by atoms with Crippen molar-refractivity contribution < 1.29 is 4.79 Å². The minimum atomic E-state index is -0.409. The summed E-state index contributed by atoms with van der Waals surface area (Å²) in [7, 11) is 0. The molecule has 0 aromatic carbocycles. The fourth-order valence-electron chi connectivity index (χ4n) is 1.36. The van der Waals surface area contributed by atoms with E-state index >= 15 is 0 Å². The molecule has 0 bridgehead atoms. The van der Waals surface area contributed by atoms with Gasteiger partial charge in [-0.15, -0.1) is 10.2 Å². The molecule has 1 N–H and O–H groups in total. The van der Waals surface area contributed by atoms with E-state index in [1.807, 2.05) is 25.3 Å². The third kappa shape index (κ3) is 2.21. The number of nitrogens with zero attached hydrogens (tertiary/aromatic N) is 3. The number of fused-ring (bicyclic) bond motifs is 1. The number of aromatic nitrogens is 3. The zero-order valence-corrected chi connectivity index (χ0v) is 10.6. The van der Waals surface area contributed by atoms with Crippen LogP contribution in [-0.2, 0) is 11.3 Å². The highest BCUT2D eigenvalue weighted by molar-refractivity contribution is 7.99. The number of hydrogen-bond acceptors (Lipinski definition) is 4. The van der Waals surface area contributed by atoms with Crippen LogP contribution < -0.4 is 5.32 Å². The van der Waals surface area contributed by atoms with Gasteiger partial charge in [-0.3, -0.25) is 14.7 Å². The van der Waals surface area contributed by atoms with Crippen LogP contribution in [0.15, 0.2) is 5.16 Å². The van der Waals surface area contributed by atoms with Crippen LogP contribution in [0, 0.1) is 5.41 Å². The molecule has 0 saturated heterocycles. The molecule has 1 aromatic rings. The van der Waals surface area contributed by atoms with E-state index in [4.69, 9.17) is 0 Å². The minimum absolute atomic E-state index is 0.0294. The Morgan fingerprint density at radius 1 is 1.44 bits per heavy atom. The average molecular weight is 240 g/mol. The van der Waals surface area contributed by atoms with Gasteiger partial charge >= 0.3 is 0 Å². The molecule has 0 fully saturated rings. The van der Waals surface area contributed by atoms with E-state index < -0.39 is 5.41 Å². The van der Waals surface area contributed by atoms with E-state index in [1.165, 1.54) is 0 Å². The van der Waals surface area contributed by atoms with Crippen molar-refractivity contribution in [3.05, 3.63) is 0 Å². The van der Waals surface area contributed by atoms with Gasteiger partial charge in [0.2, 0.25) is 11.9 Å². The lowest BCUT2D eigenvalue weighted by atomic mass is 9.96. The number of hydrogen-bond donors (Lipinski definition) is 1. The minimum Gasteiger partial charge on any atom is -0.294 e. The largest absolute Gasteiger partial charge is 0.294 e. The molecule has 0 unspecified atom stereocenters. The first-order valence-electron chi connectivity index (χ1n) is 5.36. The molecule has 1 amide bonds. The predicted molar refractivity (Wildman–Crippen MR) is 63.4 cm³/mol. The molecule has 0 radical (unpaired) electrons. The van der Waals surface area contributed by atoms with Crippen LogP contribution in [0.1, 0.15) is 27.2 Å². The van der Waals surface area contributed by atoms with Gasteiger partial charge in [0.05, 0.1) is 0 Å². The van der Waals surface area contributed by atoms with Crippen molar-refractivity contribution in [2.24, 2.45) is 5.41 Å². The lowest BCUT2D eigenvalue weighted by molar-refractivity contribution is -0.123. The Balaban J connectivity index is 2.16. The molecule has 1 aliphatic heterocycles. The van der Waals surface area contributed by atoms with E-state index in [-0.39, 0.29) is 5.91 Å². The summed E-state index contributed by atoms with van der Waals surface area (Å²) in [6, 6.07) is 0. The van der Waals surface area contributed by atoms with Gasteiger partial charge in [0.1, 0.15) is 0 Å². The average Bonchev–Trinajstić information content (AvgIpc) is 2.61. The molecular formula is C10H16N4OS. The van der Waals surface area contributed by atoms with Crippen molar-refractivity contribution in [2.45, 2.75) is 38.9 Å². The van der Waals surface area contributed by atoms with Gasteiger partial charge in [-0.05, 0) is 6.42 Å². The van der Waals surface area contributed by atoms with Crippen molar-refractivity contribution in [3.63, 3.8) is 0 Å². The molecule has 0 aliphatic carbocycles. The van der Waals surface area contributed by atoms with Crippen molar-refractivity contribution in [3.8, 4) is 0 Å². The van der Waals surface area contributed by atoms with Crippen LogP contribution >= 0.6 is 11.8 Å². The second kappa shape index (κ2) is 4.08. The summed E-state index contributed by atoms with van der Waals surface area (Å²) < 4.78 is 1.97. The van der Waals surface area contributed by atoms with Crippen LogP contribution in [0.2, 0.25) is 0 Å². The van der Waals surface area contributed by atoms with E-state index in [1.54, 1.807) is 11.8 Å². The van der Waals surface area contributed by atoms with Crippen LogP contribution in [0.3, 0.4) is 0 Å². The van der Waals surface area contributed by atoms with Gasteiger partial charge in [-0.25, -0.2) is 0 Å². The molecular weight excluding hydrogens is 224 g/mol. The second-order valence-corrected chi connectivity index (χ2v) is 5.93. The monoisotopic (exact) mass is 240 g/mol. The lowest BCUT2D eigenvalue weighted by Crippen LogP contribution is -2.29. The highest BCUT2D eigenvalue weighted by Gasteiger charge is 2.24. The summed E-state index contributed by atoms with van der Waals surface area (Å²) in [5, 5.41) is 11.8. The first kappa shape index (κ1) is 11.4.